The summed E-state index contributed by atoms with van der Waals surface area (Å²) >= 11 is 1.97. The van der Waals surface area contributed by atoms with E-state index in [4.69, 9.17) is 0 Å². The predicted molar refractivity (Wildman–Crippen MR) is 79.2 cm³/mol. The lowest BCUT2D eigenvalue weighted by molar-refractivity contribution is -0.274. The van der Waals surface area contributed by atoms with Crippen LogP contribution in [0, 0.1) is 5.92 Å². The number of halogens is 3. The van der Waals surface area contributed by atoms with Gasteiger partial charge < -0.3 is 4.74 Å². The summed E-state index contributed by atoms with van der Waals surface area (Å²) in [5, 5.41) is 1.05. The summed E-state index contributed by atoms with van der Waals surface area (Å²) in [6.07, 6.45) is 0.442. The largest absolute Gasteiger partial charge is 0.573 e. The summed E-state index contributed by atoms with van der Waals surface area (Å²) in [6.45, 7) is 0. The molecule has 2 nitrogen and oxygen atoms in total. The Labute approximate surface area is 131 Å². The summed E-state index contributed by atoms with van der Waals surface area (Å²) in [7, 11) is 0. The van der Waals surface area contributed by atoms with Gasteiger partial charge in [0.2, 0.25) is 0 Å². The molecule has 2 heterocycles. The second kappa shape index (κ2) is 6.14. The first-order valence-corrected chi connectivity index (χ1v) is 8.40. The molecule has 0 N–H and O–H groups in total. The van der Waals surface area contributed by atoms with Gasteiger partial charge in [-0.15, -0.1) is 13.2 Å². The number of thioether (sulfide) groups is 1. The third kappa shape index (κ3) is 3.77. The first-order chi connectivity index (χ1) is 10.4. The van der Waals surface area contributed by atoms with Gasteiger partial charge in [0.15, 0.2) is 5.78 Å². The lowest BCUT2D eigenvalue weighted by Crippen LogP contribution is -2.32. The fraction of sp³-hybridized carbons (Fsp3) is 0.562. The molecule has 2 atom stereocenters. The molecule has 0 saturated carbocycles. The highest BCUT2D eigenvalue weighted by Gasteiger charge is 2.36. The minimum Gasteiger partial charge on any atom is -0.406 e. The van der Waals surface area contributed by atoms with Crippen molar-refractivity contribution >= 4 is 17.5 Å². The van der Waals surface area contributed by atoms with Gasteiger partial charge >= 0.3 is 6.36 Å². The number of ether oxygens (including phenoxy) is 1. The molecule has 22 heavy (non-hydrogen) atoms. The Balaban J connectivity index is 1.73. The van der Waals surface area contributed by atoms with Crippen molar-refractivity contribution in [3.63, 3.8) is 0 Å². The number of ketones is 1. The van der Waals surface area contributed by atoms with Crippen LogP contribution in [0.5, 0.6) is 5.75 Å². The van der Waals surface area contributed by atoms with Gasteiger partial charge in [-0.1, -0.05) is 18.6 Å². The first-order valence-electron chi connectivity index (χ1n) is 7.46. The van der Waals surface area contributed by atoms with E-state index in [1.807, 2.05) is 11.8 Å². The van der Waals surface area contributed by atoms with Gasteiger partial charge in [-0.2, -0.15) is 11.8 Å². The second-order valence-corrected chi connectivity index (χ2v) is 7.52. The number of hydrogen-bond donors (Lipinski definition) is 0. The van der Waals surface area contributed by atoms with Gasteiger partial charge in [0.1, 0.15) is 5.75 Å². The minimum atomic E-state index is -4.74. The van der Waals surface area contributed by atoms with E-state index in [9.17, 15) is 18.0 Å². The fourth-order valence-electron chi connectivity index (χ4n) is 3.36. The maximum absolute atomic E-state index is 12.6. The van der Waals surface area contributed by atoms with E-state index < -0.39 is 6.36 Å². The Morgan fingerprint density at radius 3 is 2.50 bits per heavy atom. The number of benzene rings is 1. The van der Waals surface area contributed by atoms with Crippen LogP contribution in [0.4, 0.5) is 13.2 Å². The molecule has 2 unspecified atom stereocenters. The highest BCUT2D eigenvalue weighted by molar-refractivity contribution is 8.00. The normalized spacial score (nSPS) is 28.2. The number of fused-ring (bicyclic) bond motifs is 2. The number of alkyl halides is 3. The molecular weight excluding hydrogens is 313 g/mol. The number of hydrogen-bond acceptors (Lipinski definition) is 3. The Hall–Kier alpha value is -1.17. The van der Waals surface area contributed by atoms with Crippen molar-refractivity contribution in [2.24, 2.45) is 5.92 Å². The van der Waals surface area contributed by atoms with Gasteiger partial charge in [0.05, 0.1) is 0 Å². The van der Waals surface area contributed by atoms with Crippen LogP contribution in [-0.4, -0.2) is 22.6 Å². The summed E-state index contributed by atoms with van der Waals surface area (Å²) < 4.78 is 40.7. The molecule has 2 saturated heterocycles. The molecule has 120 valence electrons. The molecular formula is C16H17F3O2S. The van der Waals surface area contributed by atoms with Crippen molar-refractivity contribution in [2.75, 3.05) is 0 Å². The van der Waals surface area contributed by atoms with Crippen LogP contribution in [0.1, 0.15) is 42.5 Å². The van der Waals surface area contributed by atoms with E-state index in [0.29, 0.717) is 16.1 Å². The molecule has 2 aliphatic rings. The summed E-state index contributed by atoms with van der Waals surface area (Å²) in [4.78, 5) is 12.6. The SMILES string of the molecule is O=C(c1cccc(OC(F)(F)F)c1)C1CC2CCCC(C1)S2. The molecule has 0 amide bonds. The molecule has 0 aliphatic carbocycles. The van der Waals surface area contributed by atoms with E-state index in [0.717, 1.165) is 25.7 Å². The minimum absolute atomic E-state index is 0.0511. The van der Waals surface area contributed by atoms with Crippen molar-refractivity contribution in [2.45, 2.75) is 49.0 Å². The van der Waals surface area contributed by atoms with Gasteiger partial charge in [-0.3, -0.25) is 4.79 Å². The van der Waals surface area contributed by atoms with E-state index in [-0.39, 0.29) is 17.5 Å². The first kappa shape index (κ1) is 15.7. The van der Waals surface area contributed by atoms with Crippen molar-refractivity contribution in [3.8, 4) is 5.75 Å². The zero-order valence-corrected chi connectivity index (χ0v) is 12.8. The van der Waals surface area contributed by atoms with Crippen LogP contribution in [0.2, 0.25) is 0 Å². The third-order valence-electron chi connectivity index (χ3n) is 4.25. The van der Waals surface area contributed by atoms with E-state index in [2.05, 4.69) is 4.74 Å². The van der Waals surface area contributed by atoms with Crippen LogP contribution >= 0.6 is 11.8 Å². The topological polar surface area (TPSA) is 26.3 Å². The quantitative estimate of drug-likeness (QED) is 0.742. The molecule has 2 fully saturated rings. The molecule has 2 aliphatic heterocycles. The Bertz CT molecular complexity index is 547. The predicted octanol–water partition coefficient (Wildman–Crippen LogP) is 4.83. The van der Waals surface area contributed by atoms with Crippen LogP contribution < -0.4 is 4.74 Å². The zero-order valence-electron chi connectivity index (χ0n) is 11.9. The molecule has 0 aromatic heterocycles. The lowest BCUT2D eigenvalue weighted by atomic mass is 9.84. The highest BCUT2D eigenvalue weighted by atomic mass is 32.2. The Kier molecular flexibility index (Phi) is 4.39. The van der Waals surface area contributed by atoms with E-state index in [1.54, 1.807) is 6.07 Å². The average molecular weight is 330 g/mol. The third-order valence-corrected chi connectivity index (χ3v) is 5.88. The number of carbonyl (C=O) groups is 1. The maximum atomic E-state index is 12.6. The Morgan fingerprint density at radius 1 is 1.18 bits per heavy atom. The standard InChI is InChI=1S/C16H17F3O2S/c17-16(18,19)21-12-4-1-3-10(7-12)15(20)11-8-13-5-2-6-14(9-11)22-13/h1,3-4,7,11,13-14H,2,5-6,8-9H2. The molecule has 2 bridgehead atoms. The Morgan fingerprint density at radius 2 is 1.86 bits per heavy atom. The van der Waals surface area contributed by atoms with Crippen LogP contribution in [0.15, 0.2) is 24.3 Å². The molecule has 0 radical (unpaired) electrons. The molecule has 6 heteroatoms. The zero-order chi connectivity index (χ0) is 15.7. The summed E-state index contributed by atoms with van der Waals surface area (Å²) in [6, 6.07) is 5.43. The fourth-order valence-corrected chi connectivity index (χ4v) is 5.19. The summed E-state index contributed by atoms with van der Waals surface area (Å²) in [5.41, 5.74) is 0.316. The monoisotopic (exact) mass is 330 g/mol. The van der Waals surface area contributed by atoms with Gasteiger partial charge in [-0.05, 0) is 37.8 Å². The van der Waals surface area contributed by atoms with Gasteiger partial charge in [0.25, 0.3) is 0 Å². The summed E-state index contributed by atoms with van der Waals surface area (Å²) in [5.74, 6) is -0.453. The lowest BCUT2D eigenvalue weighted by Gasteiger charge is -2.37. The number of Topliss-reactive ketones (excluding diaryl/α,β-unsaturated/α-hetero) is 1. The second-order valence-electron chi connectivity index (χ2n) is 5.92. The van der Waals surface area contributed by atoms with Crippen molar-refractivity contribution < 1.29 is 22.7 Å². The highest BCUT2D eigenvalue weighted by Crippen LogP contribution is 2.44. The van der Waals surface area contributed by atoms with Crippen LogP contribution in [-0.2, 0) is 0 Å². The molecule has 0 spiro atoms. The van der Waals surface area contributed by atoms with Crippen LogP contribution in [0.25, 0.3) is 0 Å². The smallest absolute Gasteiger partial charge is 0.406 e. The van der Waals surface area contributed by atoms with Gasteiger partial charge in [0, 0.05) is 22.0 Å². The maximum Gasteiger partial charge on any atom is 0.573 e. The average Bonchev–Trinajstić information content (AvgIpc) is 2.44. The molecule has 1 aromatic carbocycles. The van der Waals surface area contributed by atoms with Crippen molar-refractivity contribution in [3.05, 3.63) is 29.8 Å². The van der Waals surface area contributed by atoms with Gasteiger partial charge in [-0.25, -0.2) is 0 Å². The number of carbonyl (C=O) groups excluding carboxylic acids is 1. The molecule has 1 aromatic rings. The van der Waals surface area contributed by atoms with E-state index in [1.165, 1.54) is 24.6 Å². The van der Waals surface area contributed by atoms with Crippen LogP contribution in [0.3, 0.4) is 0 Å². The van der Waals surface area contributed by atoms with Crippen molar-refractivity contribution in [1.82, 2.24) is 0 Å². The van der Waals surface area contributed by atoms with E-state index >= 15 is 0 Å². The van der Waals surface area contributed by atoms with Crippen molar-refractivity contribution in [1.29, 1.82) is 0 Å². The number of rotatable bonds is 3. The molecule has 3 rings (SSSR count).